The third-order valence-corrected chi connectivity index (χ3v) is 5.25. The van der Waals surface area contributed by atoms with Crippen LogP contribution in [0, 0.1) is 0 Å². The Morgan fingerprint density at radius 2 is 1.72 bits per heavy atom. The van der Waals surface area contributed by atoms with Gasteiger partial charge in [0.2, 0.25) is 0 Å². The molecule has 1 N–H and O–H groups in total. The molecule has 0 unspecified atom stereocenters. The van der Waals surface area contributed by atoms with Crippen molar-refractivity contribution >= 4 is 16.5 Å². The molecule has 0 saturated heterocycles. The molecule has 0 spiro atoms. The molecule has 3 aromatic rings. The third-order valence-electron chi connectivity index (χ3n) is 5.25. The molecule has 0 aliphatic heterocycles. The van der Waals surface area contributed by atoms with Crippen molar-refractivity contribution < 1.29 is 0 Å². The molecule has 0 heterocycles. The van der Waals surface area contributed by atoms with Gasteiger partial charge in [-0.05, 0) is 70.2 Å². The summed E-state index contributed by atoms with van der Waals surface area (Å²) in [5.74, 6) is 0. The average Bonchev–Trinajstić information content (AvgIpc) is 2.79. The van der Waals surface area contributed by atoms with Crippen LogP contribution in [0.4, 0.5) is 5.69 Å². The lowest BCUT2D eigenvalue weighted by molar-refractivity contribution is 0.979. The van der Waals surface area contributed by atoms with E-state index in [1.165, 1.54) is 27.5 Å². The normalized spacial score (nSPS) is 13.8. The van der Waals surface area contributed by atoms with E-state index in [1.54, 1.807) is 0 Å². The highest BCUT2D eigenvalue weighted by Crippen LogP contribution is 2.29. The summed E-state index contributed by atoms with van der Waals surface area (Å²) in [6.07, 6.45) is 12.4. The van der Waals surface area contributed by atoms with Crippen LogP contribution >= 0.6 is 0 Å². The summed E-state index contributed by atoms with van der Waals surface area (Å²) in [4.78, 5) is 0. The van der Waals surface area contributed by atoms with Crippen LogP contribution in [0.2, 0.25) is 0 Å². The maximum atomic E-state index is 4.22. The second-order valence-corrected chi connectivity index (χ2v) is 7.22. The van der Waals surface area contributed by atoms with Gasteiger partial charge in [0.15, 0.2) is 0 Å². The van der Waals surface area contributed by atoms with E-state index in [0.29, 0.717) is 0 Å². The summed E-state index contributed by atoms with van der Waals surface area (Å²) in [5, 5.41) is 5.98. The Hall–Kier alpha value is -3.58. The molecule has 29 heavy (non-hydrogen) atoms. The van der Waals surface area contributed by atoms with Gasteiger partial charge in [0.05, 0.1) is 0 Å². The number of hydrogen-bond acceptors (Lipinski definition) is 1. The topological polar surface area (TPSA) is 12.0 Å². The zero-order valence-corrected chi connectivity index (χ0v) is 16.6. The smallest absolute Gasteiger partial charge is 0.0384 e. The minimum absolute atomic E-state index is 0.948. The number of benzene rings is 3. The first-order valence-electron chi connectivity index (χ1n) is 9.99. The summed E-state index contributed by atoms with van der Waals surface area (Å²) in [7, 11) is 0. The van der Waals surface area contributed by atoms with Crippen molar-refractivity contribution in [3.05, 3.63) is 127 Å². The molecule has 1 aliphatic rings. The van der Waals surface area contributed by atoms with Crippen molar-refractivity contribution in [3.8, 4) is 11.1 Å². The molecular weight excluding hydrogens is 350 g/mol. The lowest BCUT2D eigenvalue weighted by Gasteiger charge is -2.13. The minimum Gasteiger partial charge on any atom is -0.356 e. The van der Waals surface area contributed by atoms with Crippen molar-refractivity contribution in [2.45, 2.75) is 12.8 Å². The summed E-state index contributed by atoms with van der Waals surface area (Å²) in [5.41, 5.74) is 6.75. The number of nitrogens with one attached hydrogen (secondary N) is 1. The molecule has 0 saturated carbocycles. The zero-order chi connectivity index (χ0) is 20.1. The molecule has 142 valence electrons. The SMILES string of the molecule is C=C/C(=C\C(=C)C1=CC=CCC1)Nc1ccc(-c2cccc3ccccc23)cc1. The molecule has 0 radical (unpaired) electrons. The van der Waals surface area contributed by atoms with Gasteiger partial charge in [-0.25, -0.2) is 0 Å². The highest BCUT2D eigenvalue weighted by atomic mass is 14.9. The predicted octanol–water partition coefficient (Wildman–Crippen LogP) is 7.82. The van der Waals surface area contributed by atoms with E-state index >= 15 is 0 Å². The first-order chi connectivity index (χ1) is 14.2. The summed E-state index contributed by atoms with van der Waals surface area (Å²) in [6, 6.07) is 23.5. The largest absolute Gasteiger partial charge is 0.356 e. The Labute approximate surface area is 173 Å². The average molecular weight is 376 g/mol. The maximum Gasteiger partial charge on any atom is 0.0384 e. The molecule has 4 rings (SSSR count). The fourth-order valence-corrected chi connectivity index (χ4v) is 3.67. The molecule has 0 amide bonds. The molecule has 0 atom stereocenters. The van der Waals surface area contributed by atoms with E-state index in [0.717, 1.165) is 29.8 Å². The van der Waals surface area contributed by atoms with Gasteiger partial charge >= 0.3 is 0 Å². The Kier molecular flexibility index (Phi) is 5.58. The Bertz CT molecular complexity index is 1140. The van der Waals surface area contributed by atoms with Gasteiger partial charge in [-0.1, -0.05) is 86.0 Å². The van der Waals surface area contributed by atoms with Crippen molar-refractivity contribution in [1.29, 1.82) is 0 Å². The fourth-order valence-electron chi connectivity index (χ4n) is 3.67. The van der Waals surface area contributed by atoms with Crippen LogP contribution in [-0.4, -0.2) is 0 Å². The third kappa shape index (κ3) is 4.30. The van der Waals surface area contributed by atoms with Gasteiger partial charge in [-0.2, -0.15) is 0 Å². The highest BCUT2D eigenvalue weighted by molar-refractivity contribution is 5.96. The molecule has 0 bridgehead atoms. The predicted molar refractivity (Wildman–Crippen MR) is 127 cm³/mol. The van der Waals surface area contributed by atoms with Crippen LogP contribution in [0.25, 0.3) is 21.9 Å². The number of anilines is 1. The Morgan fingerprint density at radius 1 is 0.931 bits per heavy atom. The van der Waals surface area contributed by atoms with Crippen molar-refractivity contribution in [2.75, 3.05) is 5.32 Å². The van der Waals surface area contributed by atoms with Gasteiger partial charge < -0.3 is 5.32 Å². The molecule has 1 aliphatic carbocycles. The summed E-state index contributed by atoms with van der Waals surface area (Å²) >= 11 is 0. The van der Waals surface area contributed by atoms with Crippen LogP contribution in [0.3, 0.4) is 0 Å². The molecule has 0 aromatic heterocycles. The minimum atomic E-state index is 0.948. The first kappa shape index (κ1) is 18.8. The lowest BCUT2D eigenvalue weighted by atomic mass is 9.97. The number of allylic oxidation sites excluding steroid dienone is 7. The first-order valence-corrected chi connectivity index (χ1v) is 9.99. The second-order valence-electron chi connectivity index (χ2n) is 7.22. The quantitative estimate of drug-likeness (QED) is 0.433. The van der Waals surface area contributed by atoms with Gasteiger partial charge in [-0.15, -0.1) is 0 Å². The monoisotopic (exact) mass is 375 g/mol. The van der Waals surface area contributed by atoms with Gasteiger partial charge in [-0.3, -0.25) is 0 Å². The Balaban J connectivity index is 1.55. The number of hydrogen-bond donors (Lipinski definition) is 1. The van der Waals surface area contributed by atoms with E-state index < -0.39 is 0 Å². The van der Waals surface area contributed by atoms with Crippen LogP contribution in [0.1, 0.15) is 12.8 Å². The highest BCUT2D eigenvalue weighted by Gasteiger charge is 2.05. The molecule has 0 fully saturated rings. The van der Waals surface area contributed by atoms with Gasteiger partial charge in [0, 0.05) is 11.4 Å². The van der Waals surface area contributed by atoms with Crippen LogP contribution in [-0.2, 0) is 0 Å². The van der Waals surface area contributed by atoms with Crippen LogP contribution < -0.4 is 5.32 Å². The van der Waals surface area contributed by atoms with Crippen molar-refractivity contribution in [2.24, 2.45) is 0 Å². The van der Waals surface area contributed by atoms with Crippen molar-refractivity contribution in [3.63, 3.8) is 0 Å². The zero-order valence-electron chi connectivity index (χ0n) is 16.6. The Morgan fingerprint density at radius 3 is 2.48 bits per heavy atom. The maximum absolute atomic E-state index is 4.22. The van der Waals surface area contributed by atoms with E-state index in [4.69, 9.17) is 0 Å². The molecule has 3 aromatic carbocycles. The molecule has 1 heteroatoms. The van der Waals surface area contributed by atoms with E-state index in [9.17, 15) is 0 Å². The van der Waals surface area contributed by atoms with Crippen molar-refractivity contribution in [1.82, 2.24) is 0 Å². The van der Waals surface area contributed by atoms with E-state index in [1.807, 2.05) is 6.08 Å². The van der Waals surface area contributed by atoms with Gasteiger partial charge in [0.1, 0.15) is 0 Å². The number of rotatable bonds is 6. The standard InChI is InChI=1S/C28H25N/c1-3-25(20-21(2)22-10-5-4-6-11-22)29-26-18-16-24(17-19-26)28-15-9-13-23-12-7-8-14-27(23)28/h3-5,7-10,12-20,29H,1-2,6,11H2/b25-20+. The lowest BCUT2D eigenvalue weighted by Crippen LogP contribution is -1.98. The van der Waals surface area contributed by atoms with E-state index in [2.05, 4.69) is 110 Å². The van der Waals surface area contributed by atoms with E-state index in [-0.39, 0.29) is 0 Å². The van der Waals surface area contributed by atoms with Crippen LogP contribution in [0.15, 0.2) is 127 Å². The van der Waals surface area contributed by atoms with Crippen LogP contribution in [0.5, 0.6) is 0 Å². The van der Waals surface area contributed by atoms with Gasteiger partial charge in [0.25, 0.3) is 0 Å². The molecule has 1 nitrogen and oxygen atoms in total. The molecular formula is C28H25N. The number of fused-ring (bicyclic) bond motifs is 1. The second kappa shape index (κ2) is 8.62. The summed E-state index contributed by atoms with van der Waals surface area (Å²) < 4.78 is 0. The summed E-state index contributed by atoms with van der Waals surface area (Å²) in [6.45, 7) is 8.17. The fraction of sp³-hybridized carbons (Fsp3) is 0.0714.